The van der Waals surface area contributed by atoms with Crippen LogP contribution in [0.25, 0.3) is 0 Å². The van der Waals surface area contributed by atoms with Gasteiger partial charge in [0.25, 0.3) is 0 Å². The molecule has 90 valence electrons. The Bertz CT molecular complexity index is 590. The van der Waals surface area contributed by atoms with E-state index in [0.29, 0.717) is 0 Å². The summed E-state index contributed by atoms with van der Waals surface area (Å²) in [5.74, 6) is -0.840. The highest BCUT2D eigenvalue weighted by molar-refractivity contribution is 5.93. The first-order chi connectivity index (χ1) is 8.49. The minimum atomic E-state index is -0.466. The maximum Gasteiger partial charge on any atom is 0.249 e. The Labute approximate surface area is 102 Å². The molecule has 18 heavy (non-hydrogen) atoms. The third-order valence-corrected chi connectivity index (χ3v) is 1.83. The number of nitrogens with one attached hydrogen (secondary N) is 1. The molecule has 0 spiro atoms. The number of aromatic nitrogens is 2. The highest BCUT2D eigenvalue weighted by Crippen LogP contribution is 2.14. The van der Waals surface area contributed by atoms with Crippen LogP contribution in [0.2, 0.25) is 0 Å². The molecule has 0 fully saturated rings. The van der Waals surface area contributed by atoms with Crippen LogP contribution in [0, 0.1) is 22.7 Å². The number of Topliss-reactive ketones (excluding diaryl/α,β-unsaturated/α-hetero) is 1. The largest absolute Gasteiger partial charge is 0.510 e. The maximum absolute atomic E-state index is 11.1. The first-order valence-corrected chi connectivity index (χ1v) is 4.72. The third kappa shape index (κ3) is 2.77. The minimum absolute atomic E-state index is 0.0412. The number of hydrogen-bond donors (Lipinski definition) is 2. The van der Waals surface area contributed by atoms with Crippen LogP contribution in [0.3, 0.4) is 0 Å². The second kappa shape index (κ2) is 5.37. The van der Waals surface area contributed by atoms with Gasteiger partial charge in [0.15, 0.2) is 22.9 Å². The predicted octanol–water partition coefficient (Wildman–Crippen LogP) is 1.62. The van der Waals surface area contributed by atoms with Gasteiger partial charge >= 0.3 is 0 Å². The molecule has 0 amide bonds. The van der Waals surface area contributed by atoms with Crippen molar-refractivity contribution in [2.75, 3.05) is 0 Å². The topological polar surface area (TPSA) is 138 Å². The van der Waals surface area contributed by atoms with E-state index in [2.05, 4.69) is 20.2 Å². The average Bonchev–Trinajstić information content (AvgIpc) is 2.70. The zero-order valence-corrected chi connectivity index (χ0v) is 9.59. The molecule has 1 rings (SSSR count). The lowest BCUT2D eigenvalue weighted by Crippen LogP contribution is -1.96. The van der Waals surface area contributed by atoms with Crippen molar-refractivity contribution in [2.24, 2.45) is 10.2 Å². The maximum atomic E-state index is 11.1. The van der Waals surface area contributed by atoms with Gasteiger partial charge in [-0.15, -0.1) is 10.2 Å². The number of carbonyl (C=O) groups excluding carboxylic acids is 1. The van der Waals surface area contributed by atoms with Crippen LogP contribution in [-0.4, -0.2) is 20.9 Å². The lowest BCUT2D eigenvalue weighted by atomic mass is 10.3. The van der Waals surface area contributed by atoms with Crippen molar-refractivity contribution >= 4 is 11.7 Å². The number of hydrogen-bond acceptors (Lipinski definition) is 7. The van der Waals surface area contributed by atoms with Gasteiger partial charge in [0.1, 0.15) is 17.9 Å². The summed E-state index contributed by atoms with van der Waals surface area (Å²) in [6.07, 6.45) is 0. The van der Waals surface area contributed by atoms with Crippen molar-refractivity contribution < 1.29 is 9.90 Å². The monoisotopic (exact) mass is 244 g/mol. The van der Waals surface area contributed by atoms with E-state index in [1.54, 1.807) is 12.1 Å². The molecule has 2 N–H and O–H groups in total. The van der Waals surface area contributed by atoms with Gasteiger partial charge in [0, 0.05) is 6.92 Å². The van der Waals surface area contributed by atoms with Crippen LogP contribution in [0.4, 0.5) is 5.95 Å². The number of nitriles is 2. The van der Waals surface area contributed by atoms with E-state index in [9.17, 15) is 9.90 Å². The predicted molar refractivity (Wildman–Crippen MR) is 58.5 cm³/mol. The number of aromatic amines is 1. The summed E-state index contributed by atoms with van der Waals surface area (Å²) < 4.78 is 0. The average molecular weight is 244 g/mol. The van der Waals surface area contributed by atoms with Gasteiger partial charge in [0.2, 0.25) is 5.95 Å². The van der Waals surface area contributed by atoms with Gasteiger partial charge < -0.3 is 10.1 Å². The summed E-state index contributed by atoms with van der Waals surface area (Å²) in [6, 6.07) is 3.43. The van der Waals surface area contributed by atoms with Crippen LogP contribution in [0.1, 0.15) is 25.2 Å². The van der Waals surface area contributed by atoms with Crippen molar-refractivity contribution in [3.8, 4) is 12.1 Å². The van der Waals surface area contributed by atoms with Gasteiger partial charge in [0.05, 0.1) is 0 Å². The Kier molecular flexibility index (Phi) is 3.89. The van der Waals surface area contributed by atoms with Crippen molar-refractivity contribution in [3.63, 3.8) is 0 Å². The smallest absolute Gasteiger partial charge is 0.249 e. The van der Waals surface area contributed by atoms with Gasteiger partial charge in [-0.3, -0.25) is 4.79 Å². The van der Waals surface area contributed by atoms with E-state index in [1.807, 2.05) is 0 Å². The van der Waals surface area contributed by atoms with E-state index >= 15 is 0 Å². The Hall–Kier alpha value is -3.00. The Morgan fingerprint density at radius 3 is 2.44 bits per heavy atom. The fourth-order valence-corrected chi connectivity index (χ4v) is 1.06. The molecule has 0 aliphatic rings. The van der Waals surface area contributed by atoms with Crippen LogP contribution < -0.4 is 0 Å². The molecule has 0 aliphatic heterocycles. The molecule has 1 heterocycles. The van der Waals surface area contributed by atoms with E-state index in [4.69, 9.17) is 10.5 Å². The number of rotatable bonds is 3. The zero-order chi connectivity index (χ0) is 13.7. The molecule has 8 nitrogen and oxygen atoms in total. The highest BCUT2D eigenvalue weighted by Gasteiger charge is 2.10. The quantitative estimate of drug-likeness (QED) is 0.472. The summed E-state index contributed by atoms with van der Waals surface area (Å²) in [5.41, 5.74) is -0.371. The van der Waals surface area contributed by atoms with Crippen molar-refractivity contribution in [2.45, 2.75) is 13.8 Å². The van der Waals surface area contributed by atoms with Crippen LogP contribution >= 0.6 is 0 Å². The van der Waals surface area contributed by atoms with Gasteiger partial charge in [-0.05, 0) is 6.92 Å². The fraction of sp³-hybridized carbons (Fsp3) is 0.200. The third-order valence-electron chi connectivity index (χ3n) is 1.83. The van der Waals surface area contributed by atoms with Crippen LogP contribution in [0.5, 0.6) is 0 Å². The number of nitrogens with zero attached hydrogens (tertiary/aromatic N) is 5. The molecule has 0 aromatic carbocycles. The number of ketones is 1. The molecular formula is C10H8N6O2. The number of aliphatic hydroxyl groups is 1. The van der Waals surface area contributed by atoms with Gasteiger partial charge in [-0.25, -0.2) is 0 Å². The molecule has 0 radical (unpaired) electrons. The van der Waals surface area contributed by atoms with E-state index in [0.717, 1.165) is 0 Å². The Morgan fingerprint density at radius 1 is 1.39 bits per heavy atom. The molecule has 1 aromatic heterocycles. The first-order valence-electron chi connectivity index (χ1n) is 4.72. The highest BCUT2D eigenvalue weighted by atomic mass is 16.3. The van der Waals surface area contributed by atoms with Gasteiger partial charge in [-0.1, -0.05) is 0 Å². The Morgan fingerprint density at radius 2 is 2.06 bits per heavy atom. The molecule has 0 saturated heterocycles. The van der Waals surface area contributed by atoms with E-state index < -0.39 is 5.78 Å². The first kappa shape index (κ1) is 13.1. The summed E-state index contributed by atoms with van der Waals surface area (Å²) in [4.78, 5) is 17.2. The summed E-state index contributed by atoms with van der Waals surface area (Å²) in [6.45, 7) is 2.51. The lowest BCUT2D eigenvalue weighted by molar-refractivity contribution is -0.113. The van der Waals surface area contributed by atoms with Gasteiger partial charge in [-0.2, -0.15) is 15.5 Å². The molecule has 0 bridgehead atoms. The van der Waals surface area contributed by atoms with E-state index in [1.165, 1.54) is 13.8 Å². The molecule has 0 aliphatic carbocycles. The molecule has 8 heteroatoms. The summed E-state index contributed by atoms with van der Waals surface area (Å²) in [5, 5.41) is 33.6. The van der Waals surface area contributed by atoms with E-state index in [-0.39, 0.29) is 28.8 Å². The molecule has 0 unspecified atom stereocenters. The second-order valence-corrected chi connectivity index (χ2v) is 3.20. The number of imidazole rings is 1. The van der Waals surface area contributed by atoms with Crippen LogP contribution in [0.15, 0.2) is 21.7 Å². The number of allylic oxidation sites excluding steroid dienone is 2. The molecule has 1 aromatic rings. The van der Waals surface area contributed by atoms with Crippen LogP contribution in [-0.2, 0) is 4.79 Å². The van der Waals surface area contributed by atoms with Crippen molar-refractivity contribution in [3.05, 3.63) is 22.8 Å². The molecule has 0 atom stereocenters. The number of aliphatic hydroxyl groups excluding tert-OH is 1. The molecule has 0 saturated carbocycles. The summed E-state index contributed by atoms with van der Waals surface area (Å²) >= 11 is 0. The Balaban J connectivity index is 3.10. The van der Waals surface area contributed by atoms with Crippen molar-refractivity contribution in [1.82, 2.24) is 9.97 Å². The fourth-order valence-electron chi connectivity index (χ4n) is 1.06. The molecular weight excluding hydrogens is 236 g/mol. The van der Waals surface area contributed by atoms with Crippen molar-refractivity contribution in [1.29, 1.82) is 10.5 Å². The second-order valence-electron chi connectivity index (χ2n) is 3.20. The number of carbonyl (C=O) groups is 1. The summed E-state index contributed by atoms with van der Waals surface area (Å²) in [7, 11) is 0. The number of azo groups is 1. The minimum Gasteiger partial charge on any atom is -0.510 e. The number of H-pyrrole nitrogens is 1. The lowest BCUT2D eigenvalue weighted by Gasteiger charge is -1.94. The standard InChI is InChI=1S/C10H8N6O2/c1-5(17)9(6(2)18)15-16-10-13-7(3-11)8(4-12)14-10/h17H,1-2H3,(H,13,14). The zero-order valence-electron chi connectivity index (χ0n) is 9.59. The normalized spacial score (nSPS) is 11.8. The SMILES string of the molecule is CC(=O)C(N=Nc1nc(C#N)c(C#N)[nH]1)=C(C)O.